The number of carbonyl (C=O) groups excluding carboxylic acids is 1. The Morgan fingerprint density at radius 2 is 1.89 bits per heavy atom. The molecule has 0 aromatic heterocycles. The number of Topliss-reactive ketones (excluding diaryl/α,β-unsaturated/α-hetero) is 1. The zero-order valence-electron chi connectivity index (χ0n) is 10.0. The van der Waals surface area contributed by atoms with Gasteiger partial charge in [0, 0.05) is 5.56 Å². The Labute approximate surface area is 105 Å². The standard InChI is InChI=1S/C15H13FO2/c1-11-9-12(16)7-8-14(11)15(17)10-18-13-5-3-2-4-6-13/h2-9H,10H2,1H3. The third-order valence-electron chi connectivity index (χ3n) is 2.60. The van der Waals surface area contributed by atoms with E-state index in [1.165, 1.54) is 18.2 Å². The molecule has 0 aliphatic carbocycles. The molecule has 0 fully saturated rings. The molecule has 0 amide bonds. The van der Waals surface area contributed by atoms with Crippen molar-refractivity contribution in [2.75, 3.05) is 6.61 Å². The molecule has 0 saturated carbocycles. The fourth-order valence-electron chi connectivity index (χ4n) is 1.68. The summed E-state index contributed by atoms with van der Waals surface area (Å²) in [6.45, 7) is 1.66. The molecule has 2 rings (SSSR count). The van der Waals surface area contributed by atoms with Crippen molar-refractivity contribution >= 4 is 5.78 Å². The highest BCUT2D eigenvalue weighted by Crippen LogP contribution is 2.13. The molecule has 2 aromatic carbocycles. The number of rotatable bonds is 4. The maximum atomic E-state index is 12.9. The Hall–Kier alpha value is -2.16. The number of ketones is 1. The molecule has 0 N–H and O–H groups in total. The number of carbonyl (C=O) groups is 1. The smallest absolute Gasteiger partial charge is 0.200 e. The van der Waals surface area contributed by atoms with Crippen molar-refractivity contribution in [3.63, 3.8) is 0 Å². The number of para-hydroxylation sites is 1. The third-order valence-corrected chi connectivity index (χ3v) is 2.60. The van der Waals surface area contributed by atoms with E-state index in [2.05, 4.69) is 0 Å². The molecule has 2 aromatic rings. The van der Waals surface area contributed by atoms with Crippen LogP contribution in [0.15, 0.2) is 48.5 Å². The lowest BCUT2D eigenvalue weighted by atomic mass is 10.1. The van der Waals surface area contributed by atoms with Crippen molar-refractivity contribution in [3.05, 3.63) is 65.5 Å². The van der Waals surface area contributed by atoms with Gasteiger partial charge in [-0.15, -0.1) is 0 Å². The number of aryl methyl sites for hydroxylation is 1. The Balaban J connectivity index is 2.04. The molecule has 0 aliphatic rings. The maximum absolute atomic E-state index is 12.9. The molecule has 3 heteroatoms. The van der Waals surface area contributed by atoms with Gasteiger partial charge < -0.3 is 4.74 Å². The highest BCUT2D eigenvalue weighted by molar-refractivity contribution is 5.98. The van der Waals surface area contributed by atoms with Gasteiger partial charge in [-0.2, -0.15) is 0 Å². The van der Waals surface area contributed by atoms with Gasteiger partial charge in [-0.1, -0.05) is 18.2 Å². The van der Waals surface area contributed by atoms with Gasteiger partial charge >= 0.3 is 0 Å². The van der Waals surface area contributed by atoms with E-state index in [1.807, 2.05) is 18.2 Å². The van der Waals surface area contributed by atoms with Gasteiger partial charge in [-0.25, -0.2) is 4.39 Å². The SMILES string of the molecule is Cc1cc(F)ccc1C(=O)COc1ccccc1. The predicted molar refractivity (Wildman–Crippen MR) is 67.4 cm³/mol. The molecule has 0 spiro atoms. The third kappa shape index (κ3) is 2.94. The second kappa shape index (κ2) is 5.45. The van der Waals surface area contributed by atoms with Gasteiger partial charge in [0.2, 0.25) is 0 Å². The summed E-state index contributed by atoms with van der Waals surface area (Å²) in [7, 11) is 0. The highest BCUT2D eigenvalue weighted by Gasteiger charge is 2.10. The van der Waals surface area contributed by atoms with Crippen LogP contribution in [0.5, 0.6) is 5.75 Å². The topological polar surface area (TPSA) is 26.3 Å². The summed E-state index contributed by atoms with van der Waals surface area (Å²) in [4.78, 5) is 11.9. The zero-order valence-corrected chi connectivity index (χ0v) is 10.0. The van der Waals surface area contributed by atoms with E-state index in [9.17, 15) is 9.18 Å². The van der Waals surface area contributed by atoms with Crippen LogP contribution < -0.4 is 4.74 Å². The summed E-state index contributed by atoms with van der Waals surface area (Å²) >= 11 is 0. The molecule has 2 nitrogen and oxygen atoms in total. The first-order chi connectivity index (χ1) is 8.66. The first-order valence-electron chi connectivity index (χ1n) is 5.64. The van der Waals surface area contributed by atoms with Crippen LogP contribution in [0.1, 0.15) is 15.9 Å². The minimum atomic E-state index is -0.340. The first-order valence-corrected chi connectivity index (χ1v) is 5.64. The summed E-state index contributed by atoms with van der Waals surface area (Å²) < 4.78 is 18.3. The van der Waals surface area contributed by atoms with E-state index in [4.69, 9.17) is 4.74 Å². The minimum Gasteiger partial charge on any atom is -0.485 e. The quantitative estimate of drug-likeness (QED) is 0.770. The van der Waals surface area contributed by atoms with E-state index in [0.29, 0.717) is 16.9 Å². The molecule has 0 bridgehead atoms. The van der Waals surface area contributed by atoms with Crippen molar-refractivity contribution < 1.29 is 13.9 Å². The second-order valence-corrected chi connectivity index (χ2v) is 3.98. The van der Waals surface area contributed by atoms with E-state index in [0.717, 1.165) is 0 Å². The summed E-state index contributed by atoms with van der Waals surface area (Å²) in [5.74, 6) is 0.148. The molecule has 0 atom stereocenters. The average Bonchev–Trinajstić information content (AvgIpc) is 2.37. The average molecular weight is 244 g/mol. The molecule has 0 radical (unpaired) electrons. The van der Waals surface area contributed by atoms with Crippen molar-refractivity contribution in [1.29, 1.82) is 0 Å². The van der Waals surface area contributed by atoms with Crippen LogP contribution in [-0.4, -0.2) is 12.4 Å². The minimum absolute atomic E-state index is 0.0452. The number of hydrogen-bond acceptors (Lipinski definition) is 2. The lowest BCUT2D eigenvalue weighted by Crippen LogP contribution is -2.13. The summed E-state index contributed by atoms with van der Waals surface area (Å²) in [5, 5.41) is 0. The van der Waals surface area contributed by atoms with Crippen LogP contribution in [0.4, 0.5) is 4.39 Å². The van der Waals surface area contributed by atoms with Crippen molar-refractivity contribution in [2.45, 2.75) is 6.92 Å². The fourth-order valence-corrected chi connectivity index (χ4v) is 1.68. The van der Waals surface area contributed by atoms with Gasteiger partial charge in [-0.05, 0) is 42.8 Å². The normalized spacial score (nSPS) is 10.1. The predicted octanol–water partition coefficient (Wildman–Crippen LogP) is 3.40. The van der Waals surface area contributed by atoms with Crippen LogP contribution in [0, 0.1) is 12.7 Å². The monoisotopic (exact) mass is 244 g/mol. The maximum Gasteiger partial charge on any atom is 0.200 e. The van der Waals surface area contributed by atoms with E-state index >= 15 is 0 Å². The number of hydrogen-bond donors (Lipinski definition) is 0. The van der Waals surface area contributed by atoms with Crippen LogP contribution in [0.3, 0.4) is 0 Å². The molecular formula is C15H13FO2. The van der Waals surface area contributed by atoms with Crippen molar-refractivity contribution in [1.82, 2.24) is 0 Å². The largest absolute Gasteiger partial charge is 0.485 e. The van der Waals surface area contributed by atoms with Gasteiger partial charge in [0.1, 0.15) is 11.6 Å². The molecule has 0 unspecified atom stereocenters. The van der Waals surface area contributed by atoms with Crippen LogP contribution >= 0.6 is 0 Å². The molecule has 18 heavy (non-hydrogen) atoms. The Kier molecular flexibility index (Phi) is 3.72. The van der Waals surface area contributed by atoms with Crippen LogP contribution in [0.2, 0.25) is 0 Å². The molecular weight excluding hydrogens is 231 g/mol. The van der Waals surface area contributed by atoms with E-state index in [-0.39, 0.29) is 18.2 Å². The highest BCUT2D eigenvalue weighted by atomic mass is 19.1. The van der Waals surface area contributed by atoms with Crippen LogP contribution in [0.25, 0.3) is 0 Å². The summed E-state index contributed by atoms with van der Waals surface area (Å²) in [5.41, 5.74) is 1.11. The Morgan fingerprint density at radius 1 is 1.17 bits per heavy atom. The Bertz CT molecular complexity index is 550. The van der Waals surface area contributed by atoms with E-state index in [1.54, 1.807) is 19.1 Å². The number of halogens is 1. The lowest BCUT2D eigenvalue weighted by molar-refractivity contribution is 0.0921. The van der Waals surface area contributed by atoms with E-state index < -0.39 is 0 Å². The van der Waals surface area contributed by atoms with Gasteiger partial charge in [-0.3, -0.25) is 4.79 Å². The molecule has 0 saturated heterocycles. The molecule has 0 heterocycles. The number of benzene rings is 2. The molecule has 92 valence electrons. The van der Waals surface area contributed by atoms with Gasteiger partial charge in [0.25, 0.3) is 0 Å². The summed E-state index contributed by atoms with van der Waals surface area (Å²) in [6.07, 6.45) is 0. The summed E-state index contributed by atoms with van der Waals surface area (Å²) in [6, 6.07) is 13.2. The van der Waals surface area contributed by atoms with Gasteiger partial charge in [0.05, 0.1) is 0 Å². The van der Waals surface area contributed by atoms with Crippen molar-refractivity contribution in [2.24, 2.45) is 0 Å². The second-order valence-electron chi connectivity index (χ2n) is 3.98. The zero-order chi connectivity index (χ0) is 13.0. The molecule has 0 aliphatic heterocycles. The van der Waals surface area contributed by atoms with Crippen LogP contribution in [-0.2, 0) is 0 Å². The van der Waals surface area contributed by atoms with Crippen molar-refractivity contribution in [3.8, 4) is 5.75 Å². The fraction of sp³-hybridized carbons (Fsp3) is 0.133. The number of ether oxygens (including phenoxy) is 1. The first kappa shape index (κ1) is 12.3. The Morgan fingerprint density at radius 3 is 2.56 bits per heavy atom. The van der Waals surface area contributed by atoms with Gasteiger partial charge in [0.15, 0.2) is 12.4 Å². The lowest BCUT2D eigenvalue weighted by Gasteiger charge is -2.07.